The molecule has 0 amide bonds. The third-order valence-corrected chi connectivity index (χ3v) is 4.81. The van der Waals surface area contributed by atoms with Crippen LogP contribution in [-0.2, 0) is 6.54 Å². The van der Waals surface area contributed by atoms with Gasteiger partial charge in [-0.2, -0.15) is 0 Å². The Morgan fingerprint density at radius 3 is 2.59 bits per heavy atom. The number of hydrogen-bond acceptors (Lipinski definition) is 2. The van der Waals surface area contributed by atoms with Crippen molar-refractivity contribution >= 4 is 5.97 Å². The highest BCUT2D eigenvalue weighted by atomic mass is 16.4. The van der Waals surface area contributed by atoms with Crippen LogP contribution in [0.4, 0.5) is 0 Å². The molecule has 0 spiro atoms. The predicted molar refractivity (Wildman–Crippen MR) is 90.1 cm³/mol. The number of benzene rings is 1. The molecule has 3 nitrogen and oxygen atoms in total. The number of nitrogens with zero attached hydrogens (tertiary/aromatic N) is 1. The molecule has 2 rings (SSSR count). The van der Waals surface area contributed by atoms with Crippen LogP contribution in [0.1, 0.15) is 68.3 Å². The van der Waals surface area contributed by atoms with Crippen LogP contribution in [0.15, 0.2) is 24.3 Å². The van der Waals surface area contributed by atoms with Gasteiger partial charge in [-0.15, -0.1) is 0 Å². The van der Waals surface area contributed by atoms with Crippen LogP contribution in [0, 0.1) is 5.92 Å². The molecule has 2 atom stereocenters. The van der Waals surface area contributed by atoms with Crippen molar-refractivity contribution in [1.29, 1.82) is 0 Å². The van der Waals surface area contributed by atoms with Gasteiger partial charge in [0, 0.05) is 12.6 Å². The zero-order valence-corrected chi connectivity index (χ0v) is 13.9. The van der Waals surface area contributed by atoms with Crippen molar-refractivity contribution in [2.24, 2.45) is 5.92 Å². The maximum absolute atomic E-state index is 10.9. The Morgan fingerprint density at radius 1 is 1.27 bits per heavy atom. The number of unbranched alkanes of at least 4 members (excludes halogenated alkanes) is 1. The van der Waals surface area contributed by atoms with Crippen LogP contribution in [0.5, 0.6) is 0 Å². The second-order valence-corrected chi connectivity index (χ2v) is 6.75. The number of carboxylic acid groups (broad SMARTS) is 1. The van der Waals surface area contributed by atoms with Gasteiger partial charge in [0.05, 0.1) is 5.56 Å². The third kappa shape index (κ3) is 4.84. The molecule has 1 fully saturated rings. The van der Waals surface area contributed by atoms with Crippen LogP contribution in [0.25, 0.3) is 0 Å². The van der Waals surface area contributed by atoms with Gasteiger partial charge in [0.2, 0.25) is 0 Å². The lowest BCUT2D eigenvalue weighted by Crippen LogP contribution is -2.38. The summed E-state index contributed by atoms with van der Waals surface area (Å²) in [4.78, 5) is 13.6. The Bertz CT molecular complexity index is 469. The van der Waals surface area contributed by atoms with Gasteiger partial charge < -0.3 is 5.11 Å². The fourth-order valence-electron chi connectivity index (χ4n) is 3.47. The fraction of sp³-hybridized carbons (Fsp3) is 0.632. The Morgan fingerprint density at radius 2 is 2.00 bits per heavy atom. The van der Waals surface area contributed by atoms with Crippen LogP contribution < -0.4 is 0 Å². The first-order valence-electron chi connectivity index (χ1n) is 8.66. The zero-order valence-electron chi connectivity index (χ0n) is 13.9. The lowest BCUT2D eigenvalue weighted by molar-refractivity contribution is 0.0697. The number of carbonyl (C=O) groups is 1. The maximum Gasteiger partial charge on any atom is 0.335 e. The molecule has 1 aromatic carbocycles. The Kier molecular flexibility index (Phi) is 6.44. The Hall–Kier alpha value is -1.35. The second-order valence-electron chi connectivity index (χ2n) is 6.75. The van der Waals surface area contributed by atoms with Crippen LogP contribution in [0.3, 0.4) is 0 Å². The average Bonchev–Trinajstić information content (AvgIpc) is 2.52. The van der Waals surface area contributed by atoms with Gasteiger partial charge in [0.25, 0.3) is 0 Å². The van der Waals surface area contributed by atoms with Crippen LogP contribution in [0.2, 0.25) is 0 Å². The van der Waals surface area contributed by atoms with E-state index in [0.717, 1.165) is 19.0 Å². The van der Waals surface area contributed by atoms with Gasteiger partial charge in [-0.3, -0.25) is 4.90 Å². The van der Waals surface area contributed by atoms with E-state index >= 15 is 0 Å². The summed E-state index contributed by atoms with van der Waals surface area (Å²) in [6.45, 7) is 6.70. The van der Waals surface area contributed by atoms with Crippen molar-refractivity contribution in [3.05, 3.63) is 35.4 Å². The summed E-state index contributed by atoms with van der Waals surface area (Å²) in [5.41, 5.74) is 1.59. The van der Waals surface area contributed by atoms with Gasteiger partial charge in [0.15, 0.2) is 0 Å². The molecule has 0 saturated heterocycles. The standard InChI is InChI=1S/C19H29NO2/c1-3-4-12-20(18-7-5-6-15(2)13-18)14-16-8-10-17(11-9-16)19(21)22/h8-11,15,18H,3-7,12-14H2,1-2H3,(H,21,22). The number of carboxylic acids is 1. The highest BCUT2D eigenvalue weighted by molar-refractivity contribution is 5.87. The van der Waals surface area contributed by atoms with Gasteiger partial charge in [-0.05, 0) is 49.4 Å². The minimum atomic E-state index is -0.851. The normalized spacial score (nSPS) is 22.0. The van der Waals surface area contributed by atoms with Gasteiger partial charge in [0.1, 0.15) is 0 Å². The molecule has 22 heavy (non-hydrogen) atoms. The molecule has 3 heteroatoms. The van der Waals surface area contributed by atoms with E-state index < -0.39 is 5.97 Å². The molecule has 1 aromatic rings. The summed E-state index contributed by atoms with van der Waals surface area (Å²) in [6, 6.07) is 8.07. The molecule has 0 heterocycles. The van der Waals surface area contributed by atoms with E-state index in [-0.39, 0.29) is 0 Å². The first kappa shape index (κ1) is 17.0. The number of rotatable bonds is 7. The first-order valence-corrected chi connectivity index (χ1v) is 8.66. The van der Waals surface area contributed by atoms with E-state index in [4.69, 9.17) is 5.11 Å². The smallest absolute Gasteiger partial charge is 0.335 e. The molecule has 1 aliphatic carbocycles. The van der Waals surface area contributed by atoms with E-state index in [1.807, 2.05) is 12.1 Å². The van der Waals surface area contributed by atoms with E-state index in [2.05, 4.69) is 18.7 Å². The predicted octanol–water partition coefficient (Wildman–Crippen LogP) is 4.57. The molecule has 1 N–H and O–H groups in total. The molecule has 0 aromatic heterocycles. The summed E-state index contributed by atoms with van der Waals surface area (Å²) >= 11 is 0. The molecule has 1 aliphatic rings. The largest absolute Gasteiger partial charge is 0.478 e. The fourth-order valence-corrected chi connectivity index (χ4v) is 3.47. The van der Waals surface area contributed by atoms with E-state index in [0.29, 0.717) is 11.6 Å². The molecular weight excluding hydrogens is 274 g/mol. The molecule has 1 saturated carbocycles. The van der Waals surface area contributed by atoms with Gasteiger partial charge in [-0.1, -0.05) is 45.2 Å². The highest BCUT2D eigenvalue weighted by Gasteiger charge is 2.24. The quantitative estimate of drug-likeness (QED) is 0.802. The summed E-state index contributed by atoms with van der Waals surface area (Å²) < 4.78 is 0. The third-order valence-electron chi connectivity index (χ3n) is 4.81. The zero-order chi connectivity index (χ0) is 15.9. The molecule has 0 radical (unpaired) electrons. The summed E-state index contributed by atoms with van der Waals surface area (Å²) in [7, 11) is 0. The van der Waals surface area contributed by atoms with Crippen molar-refractivity contribution in [2.45, 2.75) is 65.0 Å². The summed E-state index contributed by atoms with van der Waals surface area (Å²) in [5, 5.41) is 9.00. The lowest BCUT2D eigenvalue weighted by Gasteiger charge is -2.37. The minimum absolute atomic E-state index is 0.371. The van der Waals surface area contributed by atoms with Gasteiger partial charge >= 0.3 is 5.97 Å². The SMILES string of the molecule is CCCCN(Cc1ccc(C(=O)O)cc1)C1CCCC(C)C1. The van der Waals surface area contributed by atoms with Crippen molar-refractivity contribution in [3.63, 3.8) is 0 Å². The monoisotopic (exact) mass is 303 g/mol. The van der Waals surface area contributed by atoms with Crippen molar-refractivity contribution < 1.29 is 9.90 Å². The minimum Gasteiger partial charge on any atom is -0.478 e. The number of aromatic carboxylic acids is 1. The van der Waals surface area contributed by atoms with Crippen LogP contribution >= 0.6 is 0 Å². The lowest BCUT2D eigenvalue weighted by atomic mass is 9.86. The van der Waals surface area contributed by atoms with Crippen LogP contribution in [-0.4, -0.2) is 28.6 Å². The van der Waals surface area contributed by atoms with E-state index in [9.17, 15) is 4.79 Å². The first-order chi connectivity index (χ1) is 10.6. The van der Waals surface area contributed by atoms with Crippen molar-refractivity contribution in [2.75, 3.05) is 6.54 Å². The summed E-state index contributed by atoms with van der Waals surface area (Å²) in [5.74, 6) is -0.0206. The topological polar surface area (TPSA) is 40.5 Å². The van der Waals surface area contributed by atoms with Gasteiger partial charge in [-0.25, -0.2) is 4.79 Å². The molecule has 2 unspecified atom stereocenters. The Balaban J connectivity index is 2.03. The molecule has 0 aliphatic heterocycles. The molecular formula is C19H29NO2. The highest BCUT2D eigenvalue weighted by Crippen LogP contribution is 2.28. The number of hydrogen-bond donors (Lipinski definition) is 1. The second kappa shape index (κ2) is 8.33. The molecule has 0 bridgehead atoms. The van der Waals surface area contributed by atoms with Crippen molar-refractivity contribution in [3.8, 4) is 0 Å². The maximum atomic E-state index is 10.9. The van der Waals surface area contributed by atoms with E-state index in [1.54, 1.807) is 12.1 Å². The van der Waals surface area contributed by atoms with Crippen molar-refractivity contribution in [1.82, 2.24) is 4.90 Å². The average molecular weight is 303 g/mol. The summed E-state index contributed by atoms with van der Waals surface area (Å²) in [6.07, 6.45) is 7.77. The molecule has 122 valence electrons. The van der Waals surface area contributed by atoms with E-state index in [1.165, 1.54) is 44.1 Å². The Labute approximate surface area is 134 Å².